The highest BCUT2D eigenvalue weighted by molar-refractivity contribution is 6.04. The second kappa shape index (κ2) is 6.50. The number of rotatable bonds is 3. The average molecular weight is 354 g/mol. The van der Waals surface area contributed by atoms with E-state index >= 15 is 0 Å². The van der Waals surface area contributed by atoms with E-state index in [0.717, 1.165) is 12.8 Å². The van der Waals surface area contributed by atoms with E-state index in [-0.39, 0.29) is 23.6 Å². The monoisotopic (exact) mass is 354 g/mol. The van der Waals surface area contributed by atoms with Crippen LogP contribution < -0.4 is 10.9 Å². The van der Waals surface area contributed by atoms with E-state index in [0.29, 0.717) is 28.6 Å². The Labute approximate surface area is 153 Å². The number of benzene rings is 1. The molecule has 2 aliphatic heterocycles. The van der Waals surface area contributed by atoms with Crippen LogP contribution in [-0.4, -0.2) is 45.8 Å². The van der Waals surface area contributed by atoms with Gasteiger partial charge >= 0.3 is 0 Å². The number of fused-ring (bicyclic) bond motifs is 3. The summed E-state index contributed by atoms with van der Waals surface area (Å²) in [7, 11) is 1.87. The summed E-state index contributed by atoms with van der Waals surface area (Å²) in [6, 6.07) is 8.44. The van der Waals surface area contributed by atoms with Crippen LogP contribution in [0.5, 0.6) is 0 Å². The maximum atomic E-state index is 13.3. The van der Waals surface area contributed by atoms with E-state index in [1.54, 1.807) is 6.07 Å². The van der Waals surface area contributed by atoms with E-state index in [1.165, 1.54) is 17.5 Å². The van der Waals surface area contributed by atoms with E-state index in [2.05, 4.69) is 10.4 Å². The van der Waals surface area contributed by atoms with Gasteiger partial charge in [0.15, 0.2) is 5.69 Å². The van der Waals surface area contributed by atoms with Gasteiger partial charge in [-0.05, 0) is 45.6 Å². The van der Waals surface area contributed by atoms with E-state index in [4.69, 9.17) is 0 Å². The van der Waals surface area contributed by atoms with Gasteiger partial charge in [-0.2, -0.15) is 5.10 Å². The highest BCUT2D eigenvalue weighted by Crippen LogP contribution is 2.30. The first-order chi connectivity index (χ1) is 12.5. The Hall–Kier alpha value is -2.21. The molecule has 1 N–H and O–H groups in total. The van der Waals surface area contributed by atoms with Gasteiger partial charge in [-0.15, -0.1) is 0 Å². The second-order valence-electron chi connectivity index (χ2n) is 7.92. The van der Waals surface area contributed by atoms with Gasteiger partial charge in [-0.3, -0.25) is 9.59 Å². The molecular formula is C20H26N4O2. The summed E-state index contributed by atoms with van der Waals surface area (Å²) in [6.07, 6.45) is 4.37. The Morgan fingerprint density at radius 2 is 1.81 bits per heavy atom. The summed E-state index contributed by atoms with van der Waals surface area (Å²) in [5, 5.41) is 9.28. The van der Waals surface area contributed by atoms with E-state index < -0.39 is 0 Å². The van der Waals surface area contributed by atoms with Crippen LogP contribution >= 0.6 is 0 Å². The van der Waals surface area contributed by atoms with Gasteiger partial charge in [-0.25, -0.2) is 4.68 Å². The van der Waals surface area contributed by atoms with Crippen molar-refractivity contribution in [2.24, 2.45) is 0 Å². The van der Waals surface area contributed by atoms with Crippen LogP contribution in [0.3, 0.4) is 0 Å². The topological polar surface area (TPSA) is 67.2 Å². The quantitative estimate of drug-likeness (QED) is 0.919. The molecule has 2 aromatic rings. The minimum Gasteiger partial charge on any atom is -0.337 e. The van der Waals surface area contributed by atoms with Gasteiger partial charge in [0.1, 0.15) is 0 Å². The van der Waals surface area contributed by atoms with Crippen LogP contribution in [0.4, 0.5) is 0 Å². The van der Waals surface area contributed by atoms with Crippen molar-refractivity contribution in [1.82, 2.24) is 20.0 Å². The molecule has 0 radical (unpaired) electrons. The van der Waals surface area contributed by atoms with Crippen molar-refractivity contribution in [2.75, 3.05) is 7.05 Å². The number of hydrogen-bond acceptors (Lipinski definition) is 4. The number of hydrogen-bond donors (Lipinski definition) is 1. The van der Waals surface area contributed by atoms with Gasteiger partial charge < -0.3 is 10.2 Å². The second-order valence-corrected chi connectivity index (χ2v) is 7.92. The predicted molar refractivity (Wildman–Crippen MR) is 101 cm³/mol. The third-order valence-electron chi connectivity index (χ3n) is 5.84. The predicted octanol–water partition coefficient (Wildman–Crippen LogP) is 2.33. The highest BCUT2D eigenvalue weighted by atomic mass is 16.2. The molecule has 0 saturated carbocycles. The normalized spacial score (nSPS) is 25.0. The first-order valence-electron chi connectivity index (χ1n) is 9.50. The van der Waals surface area contributed by atoms with Crippen LogP contribution in [0.15, 0.2) is 29.1 Å². The standard InChI is InChI=1S/C20H26N4O2/c1-12(2)24-19(25)17-7-5-4-6-16(17)18(22-24)20(26)23(3)15-10-13-8-9-14(11-15)21-13/h4-7,12-15,21H,8-11H2,1-3H3. The molecule has 2 fully saturated rings. The summed E-state index contributed by atoms with van der Waals surface area (Å²) < 4.78 is 1.43. The third kappa shape index (κ3) is 2.82. The number of nitrogens with zero attached hydrogens (tertiary/aromatic N) is 3. The van der Waals surface area contributed by atoms with E-state index in [9.17, 15) is 9.59 Å². The fourth-order valence-corrected chi connectivity index (χ4v) is 4.39. The summed E-state index contributed by atoms with van der Waals surface area (Å²) in [5.74, 6) is -0.0955. The molecule has 3 heterocycles. The van der Waals surface area contributed by atoms with Crippen molar-refractivity contribution in [3.05, 3.63) is 40.3 Å². The minimum atomic E-state index is -0.144. The number of nitrogens with one attached hydrogen (secondary N) is 1. The number of carbonyl (C=O) groups excluding carboxylic acids is 1. The zero-order valence-electron chi connectivity index (χ0n) is 15.6. The molecule has 2 bridgehead atoms. The Kier molecular flexibility index (Phi) is 4.31. The number of aromatic nitrogens is 2. The SMILES string of the molecule is CC(C)n1nc(C(=O)N(C)C2CC3CCC(C2)N3)c2ccccc2c1=O. The Balaban J connectivity index is 1.74. The van der Waals surface area contributed by atoms with Crippen LogP contribution in [0.25, 0.3) is 10.8 Å². The van der Waals surface area contributed by atoms with Gasteiger partial charge in [0.05, 0.1) is 11.4 Å². The lowest BCUT2D eigenvalue weighted by Crippen LogP contribution is -2.49. The van der Waals surface area contributed by atoms with Crippen molar-refractivity contribution < 1.29 is 4.79 Å². The Morgan fingerprint density at radius 3 is 2.42 bits per heavy atom. The van der Waals surface area contributed by atoms with Gasteiger partial charge in [0.2, 0.25) is 0 Å². The maximum absolute atomic E-state index is 13.3. The Morgan fingerprint density at radius 1 is 1.19 bits per heavy atom. The zero-order chi connectivity index (χ0) is 18.4. The largest absolute Gasteiger partial charge is 0.337 e. The molecule has 6 heteroatoms. The molecule has 2 aliphatic rings. The number of piperidine rings is 1. The molecule has 1 aromatic heterocycles. The van der Waals surface area contributed by atoms with Gasteiger partial charge in [-0.1, -0.05) is 18.2 Å². The van der Waals surface area contributed by atoms with Crippen LogP contribution in [-0.2, 0) is 0 Å². The first kappa shape index (κ1) is 17.2. The molecule has 0 spiro atoms. The lowest BCUT2D eigenvalue weighted by Gasteiger charge is -2.35. The van der Waals surface area contributed by atoms with Crippen LogP contribution in [0, 0.1) is 0 Å². The summed E-state index contributed by atoms with van der Waals surface area (Å²) in [5.41, 5.74) is 0.233. The smallest absolute Gasteiger partial charge is 0.274 e. The average Bonchev–Trinajstić information content (AvgIpc) is 2.98. The molecule has 2 unspecified atom stereocenters. The number of amides is 1. The van der Waals surface area contributed by atoms with E-state index in [1.807, 2.05) is 44.0 Å². The molecule has 1 amide bonds. The fourth-order valence-electron chi connectivity index (χ4n) is 4.39. The van der Waals surface area contributed by atoms with Gasteiger partial charge in [0, 0.05) is 30.6 Å². The van der Waals surface area contributed by atoms with Crippen molar-refractivity contribution in [3.8, 4) is 0 Å². The first-order valence-corrected chi connectivity index (χ1v) is 9.50. The highest BCUT2D eigenvalue weighted by Gasteiger charge is 2.37. The molecule has 4 rings (SSSR count). The zero-order valence-corrected chi connectivity index (χ0v) is 15.6. The lowest BCUT2D eigenvalue weighted by atomic mass is 9.98. The molecule has 2 saturated heterocycles. The molecule has 1 aromatic carbocycles. The van der Waals surface area contributed by atoms with Crippen molar-refractivity contribution in [2.45, 2.75) is 63.7 Å². The summed E-state index contributed by atoms with van der Waals surface area (Å²) in [6.45, 7) is 3.82. The van der Waals surface area contributed by atoms with Crippen molar-refractivity contribution in [1.29, 1.82) is 0 Å². The van der Waals surface area contributed by atoms with Crippen LogP contribution in [0.1, 0.15) is 56.1 Å². The molecular weight excluding hydrogens is 328 g/mol. The minimum absolute atomic E-state index is 0.0955. The maximum Gasteiger partial charge on any atom is 0.274 e. The van der Waals surface area contributed by atoms with Crippen LogP contribution in [0.2, 0.25) is 0 Å². The Bertz CT molecular complexity index is 892. The molecule has 0 aliphatic carbocycles. The molecule has 2 atom stereocenters. The molecule has 138 valence electrons. The summed E-state index contributed by atoms with van der Waals surface area (Å²) >= 11 is 0. The third-order valence-corrected chi connectivity index (χ3v) is 5.84. The molecule has 26 heavy (non-hydrogen) atoms. The molecule has 6 nitrogen and oxygen atoms in total. The fraction of sp³-hybridized carbons (Fsp3) is 0.550. The number of carbonyl (C=O) groups is 1. The lowest BCUT2D eigenvalue weighted by molar-refractivity contribution is 0.0675. The van der Waals surface area contributed by atoms with Crippen molar-refractivity contribution >= 4 is 16.7 Å². The summed E-state index contributed by atoms with van der Waals surface area (Å²) in [4.78, 5) is 27.8. The van der Waals surface area contributed by atoms with Gasteiger partial charge in [0.25, 0.3) is 11.5 Å². The van der Waals surface area contributed by atoms with Crippen molar-refractivity contribution in [3.63, 3.8) is 0 Å².